The molecule has 1 aromatic carbocycles. The van der Waals surface area contributed by atoms with E-state index in [4.69, 9.17) is 26.5 Å². The van der Waals surface area contributed by atoms with Crippen LogP contribution in [0.4, 0.5) is 11.8 Å². The van der Waals surface area contributed by atoms with Crippen LogP contribution in [0, 0.1) is 6.92 Å². The minimum absolute atomic E-state index is 0.0370. The van der Waals surface area contributed by atoms with Crippen molar-refractivity contribution in [1.29, 1.82) is 0 Å². The monoisotopic (exact) mass is 505 g/mol. The summed E-state index contributed by atoms with van der Waals surface area (Å²) in [7, 11) is 0. The third kappa shape index (κ3) is 5.26. The fourth-order valence-electron chi connectivity index (χ4n) is 3.30. The van der Waals surface area contributed by atoms with Gasteiger partial charge < -0.3 is 14.9 Å². The van der Waals surface area contributed by atoms with E-state index in [1.165, 1.54) is 30.2 Å². The van der Waals surface area contributed by atoms with E-state index in [0.29, 0.717) is 15.9 Å². The van der Waals surface area contributed by atoms with Gasteiger partial charge in [-0.25, -0.2) is 4.79 Å². The summed E-state index contributed by atoms with van der Waals surface area (Å²) in [5.41, 5.74) is 6.81. The molecule has 12 heteroatoms. The number of nitrogens with two attached hydrogens (primary N) is 1. The predicted molar refractivity (Wildman–Crippen MR) is 128 cm³/mol. The number of hydrogen-bond acceptors (Lipinski definition) is 9. The topological polar surface area (TPSA) is 142 Å². The van der Waals surface area contributed by atoms with Crippen LogP contribution < -0.4 is 11.1 Å². The molecule has 3 rings (SSSR count). The first-order valence-electron chi connectivity index (χ1n) is 10.3. The number of esters is 1. The normalized spacial score (nSPS) is 11.8. The second-order valence-corrected chi connectivity index (χ2v) is 8.62. The number of nitrogens with one attached hydrogen (secondary N) is 1. The highest BCUT2D eigenvalue weighted by atomic mass is 35.5. The number of thioether (sulfide) groups is 1. The number of rotatable bonds is 9. The van der Waals surface area contributed by atoms with E-state index in [1.807, 2.05) is 18.2 Å². The van der Waals surface area contributed by atoms with Crippen molar-refractivity contribution in [2.45, 2.75) is 44.6 Å². The molecule has 0 aliphatic heterocycles. The number of anilines is 2. The van der Waals surface area contributed by atoms with E-state index in [0.717, 1.165) is 5.56 Å². The van der Waals surface area contributed by atoms with Crippen molar-refractivity contribution in [3.63, 3.8) is 0 Å². The summed E-state index contributed by atoms with van der Waals surface area (Å²) in [4.78, 5) is 37.7. The SMILES string of the molecule is CCOC(=O)c1c(NC(=O)C(C)n2c(N)nnc2SCc2ccccc2Cl)oc(C)c1C(C)=O. The van der Waals surface area contributed by atoms with Gasteiger partial charge in [0.05, 0.1) is 12.2 Å². The number of nitrogen functional groups attached to an aromatic ring is 1. The largest absolute Gasteiger partial charge is 0.462 e. The number of Topliss-reactive ketones (excluding diaryl/α,β-unsaturated/α-hetero) is 1. The molecule has 0 aliphatic carbocycles. The van der Waals surface area contributed by atoms with Gasteiger partial charge in [0.15, 0.2) is 10.9 Å². The van der Waals surface area contributed by atoms with Crippen LogP contribution in [0.1, 0.15) is 58.9 Å². The molecule has 2 heterocycles. The van der Waals surface area contributed by atoms with E-state index < -0.39 is 17.9 Å². The smallest absolute Gasteiger partial charge is 0.344 e. The third-order valence-electron chi connectivity index (χ3n) is 4.92. The molecular weight excluding hydrogens is 482 g/mol. The fraction of sp³-hybridized carbons (Fsp3) is 0.318. The maximum absolute atomic E-state index is 13.1. The quantitative estimate of drug-likeness (QED) is 0.247. The van der Waals surface area contributed by atoms with Crippen LogP contribution in [0.25, 0.3) is 0 Å². The lowest BCUT2D eigenvalue weighted by Crippen LogP contribution is -2.26. The van der Waals surface area contributed by atoms with Crippen molar-refractivity contribution in [2.24, 2.45) is 0 Å². The predicted octanol–water partition coefficient (Wildman–Crippen LogP) is 4.29. The van der Waals surface area contributed by atoms with Crippen molar-refractivity contribution in [3.05, 3.63) is 51.7 Å². The number of aromatic nitrogens is 3. The van der Waals surface area contributed by atoms with Crippen LogP contribution >= 0.6 is 23.4 Å². The van der Waals surface area contributed by atoms with Gasteiger partial charge >= 0.3 is 5.97 Å². The first kappa shape index (κ1) is 25.3. The number of carbonyl (C=O) groups is 3. The summed E-state index contributed by atoms with van der Waals surface area (Å²) < 4.78 is 12.1. The number of hydrogen-bond donors (Lipinski definition) is 2. The van der Waals surface area contributed by atoms with Crippen LogP contribution in [0.3, 0.4) is 0 Å². The molecule has 180 valence electrons. The van der Waals surface area contributed by atoms with Crippen molar-refractivity contribution >= 4 is 52.9 Å². The Hall–Kier alpha value is -3.31. The maximum atomic E-state index is 13.1. The first-order valence-corrected chi connectivity index (χ1v) is 11.7. The van der Waals surface area contributed by atoms with Crippen LogP contribution in [0.2, 0.25) is 5.02 Å². The summed E-state index contributed by atoms with van der Waals surface area (Å²) in [5.74, 6) is -1.17. The zero-order valence-corrected chi connectivity index (χ0v) is 20.6. The Bertz CT molecular complexity index is 1240. The van der Waals surface area contributed by atoms with Crippen molar-refractivity contribution in [3.8, 4) is 0 Å². The molecule has 0 saturated heterocycles. The minimum Gasteiger partial charge on any atom is -0.462 e. The van der Waals surface area contributed by atoms with Gasteiger partial charge in [0.2, 0.25) is 17.7 Å². The van der Waals surface area contributed by atoms with Crippen LogP contribution in [-0.4, -0.2) is 39.0 Å². The standard InChI is InChI=1S/C22H24ClN5O5S/c1-5-32-20(31)17-16(12(3)29)13(4)33-19(17)25-18(30)11(2)28-21(24)26-27-22(28)34-10-14-8-6-7-9-15(14)23/h6-9,11H,5,10H2,1-4H3,(H2,24,26)(H,25,30). The number of ether oxygens (including phenoxy) is 1. The summed E-state index contributed by atoms with van der Waals surface area (Å²) in [5, 5.41) is 11.5. The lowest BCUT2D eigenvalue weighted by Gasteiger charge is -2.16. The molecule has 2 aromatic heterocycles. The Kier molecular flexibility index (Phi) is 8.00. The summed E-state index contributed by atoms with van der Waals surface area (Å²) in [6.45, 7) is 6.15. The lowest BCUT2D eigenvalue weighted by atomic mass is 10.1. The first-order chi connectivity index (χ1) is 16.1. The fourth-order valence-corrected chi connectivity index (χ4v) is 4.60. The van der Waals surface area contributed by atoms with Gasteiger partial charge in [-0.15, -0.1) is 10.2 Å². The zero-order valence-electron chi connectivity index (χ0n) is 19.0. The summed E-state index contributed by atoms with van der Waals surface area (Å²) in [6, 6.07) is 6.51. The van der Waals surface area contributed by atoms with Crippen LogP contribution in [0.5, 0.6) is 0 Å². The second kappa shape index (κ2) is 10.7. The Morgan fingerprint density at radius 2 is 1.97 bits per heavy atom. The van der Waals surface area contributed by atoms with E-state index in [9.17, 15) is 14.4 Å². The number of halogens is 1. The van der Waals surface area contributed by atoms with Gasteiger partial charge in [0, 0.05) is 10.8 Å². The molecule has 1 unspecified atom stereocenters. The van der Waals surface area contributed by atoms with Gasteiger partial charge in [-0.05, 0) is 39.3 Å². The van der Waals surface area contributed by atoms with Gasteiger partial charge in [-0.3, -0.25) is 19.5 Å². The van der Waals surface area contributed by atoms with Gasteiger partial charge in [-0.1, -0.05) is 41.6 Å². The number of nitrogens with zero attached hydrogens (tertiary/aromatic N) is 3. The van der Waals surface area contributed by atoms with Gasteiger partial charge in [0.1, 0.15) is 17.4 Å². The van der Waals surface area contributed by atoms with Crippen molar-refractivity contribution in [1.82, 2.24) is 14.8 Å². The number of carbonyl (C=O) groups excluding carboxylic acids is 3. The highest BCUT2D eigenvalue weighted by molar-refractivity contribution is 7.98. The average Bonchev–Trinajstić information content (AvgIpc) is 3.31. The van der Waals surface area contributed by atoms with E-state index >= 15 is 0 Å². The molecule has 1 atom stereocenters. The molecule has 0 spiro atoms. The molecule has 1 amide bonds. The molecule has 0 aliphatic rings. The number of furan rings is 1. The van der Waals surface area contributed by atoms with E-state index in [-0.39, 0.29) is 41.1 Å². The molecule has 3 aromatic rings. The van der Waals surface area contributed by atoms with Crippen molar-refractivity contribution < 1.29 is 23.5 Å². The zero-order chi connectivity index (χ0) is 25.0. The minimum atomic E-state index is -0.870. The number of aryl methyl sites for hydroxylation is 1. The lowest BCUT2D eigenvalue weighted by molar-refractivity contribution is -0.119. The van der Waals surface area contributed by atoms with Crippen LogP contribution in [-0.2, 0) is 15.3 Å². The van der Waals surface area contributed by atoms with Crippen molar-refractivity contribution in [2.75, 3.05) is 17.7 Å². The molecule has 10 nitrogen and oxygen atoms in total. The molecular formula is C22H24ClN5O5S. The van der Waals surface area contributed by atoms with E-state index in [2.05, 4.69) is 15.5 Å². The summed E-state index contributed by atoms with van der Waals surface area (Å²) in [6.07, 6.45) is 0. The highest BCUT2D eigenvalue weighted by Gasteiger charge is 2.31. The number of amides is 1. The van der Waals surface area contributed by atoms with Gasteiger partial charge in [-0.2, -0.15) is 0 Å². The molecule has 0 radical (unpaired) electrons. The Labute approximate surface area is 205 Å². The average molecular weight is 506 g/mol. The number of ketones is 1. The molecule has 3 N–H and O–H groups in total. The third-order valence-corrected chi connectivity index (χ3v) is 6.29. The maximum Gasteiger partial charge on any atom is 0.344 e. The molecule has 0 saturated carbocycles. The van der Waals surface area contributed by atoms with Gasteiger partial charge in [0.25, 0.3) is 0 Å². The number of benzene rings is 1. The second-order valence-electron chi connectivity index (χ2n) is 7.27. The Morgan fingerprint density at radius 1 is 1.26 bits per heavy atom. The highest BCUT2D eigenvalue weighted by Crippen LogP contribution is 2.31. The Balaban J connectivity index is 1.85. The summed E-state index contributed by atoms with van der Waals surface area (Å²) >= 11 is 7.54. The van der Waals surface area contributed by atoms with E-state index in [1.54, 1.807) is 19.9 Å². The Morgan fingerprint density at radius 3 is 2.62 bits per heavy atom. The molecule has 0 fully saturated rings. The van der Waals surface area contributed by atoms with Crippen LogP contribution in [0.15, 0.2) is 33.8 Å². The molecule has 34 heavy (non-hydrogen) atoms. The molecule has 0 bridgehead atoms.